The number of aliphatic hydroxyl groups is 1. The van der Waals surface area contributed by atoms with Crippen LogP contribution in [0.1, 0.15) is 26.2 Å². The Balaban J connectivity index is 2.07. The Hall–Kier alpha value is -0.810. The molecule has 0 saturated heterocycles. The molecule has 100 valence electrons. The third kappa shape index (κ3) is 3.36. The summed E-state index contributed by atoms with van der Waals surface area (Å²) in [7, 11) is 0. The van der Waals surface area contributed by atoms with Gasteiger partial charge in [0.15, 0.2) is 0 Å². The number of hydrogen-bond donors (Lipinski definition) is 1. The number of esters is 1. The summed E-state index contributed by atoms with van der Waals surface area (Å²) in [6.45, 7) is 2.16. The van der Waals surface area contributed by atoms with E-state index in [-0.39, 0.29) is 12.0 Å². The summed E-state index contributed by atoms with van der Waals surface area (Å²) in [5, 5.41) is 10.0. The third-order valence-corrected chi connectivity index (χ3v) is 3.72. The second-order valence-electron chi connectivity index (χ2n) is 4.68. The maximum Gasteiger partial charge on any atom is 0.328 e. The van der Waals surface area contributed by atoms with E-state index in [0.717, 1.165) is 10.9 Å². The van der Waals surface area contributed by atoms with Crippen LogP contribution in [0.25, 0.3) is 0 Å². The van der Waals surface area contributed by atoms with Crippen molar-refractivity contribution in [2.24, 2.45) is 5.92 Å². The van der Waals surface area contributed by atoms with Gasteiger partial charge in [-0.15, -0.1) is 0 Å². The molecule has 0 aromatic rings. The predicted molar refractivity (Wildman–Crippen MR) is 71.8 cm³/mol. The average Bonchev–Trinajstić information content (AvgIpc) is 3.11. The first kappa shape index (κ1) is 13.6. The lowest BCUT2D eigenvalue weighted by atomic mass is 10.1. The normalized spacial score (nSPS) is 24.7. The van der Waals surface area contributed by atoms with Crippen molar-refractivity contribution in [3.05, 3.63) is 22.8 Å². The fourth-order valence-corrected chi connectivity index (χ4v) is 2.42. The predicted octanol–water partition coefficient (Wildman–Crippen LogP) is 2.14. The van der Waals surface area contributed by atoms with Gasteiger partial charge in [0.1, 0.15) is 12.3 Å². The minimum Gasteiger partial charge on any atom is -0.464 e. The average molecular weight is 316 g/mol. The monoisotopic (exact) mass is 315 g/mol. The molecule has 1 aliphatic heterocycles. The summed E-state index contributed by atoms with van der Waals surface area (Å²) in [6.07, 6.45) is 7.55. The molecule has 5 heteroatoms. The zero-order chi connectivity index (χ0) is 13.1. The van der Waals surface area contributed by atoms with Crippen LogP contribution in [0.3, 0.4) is 0 Å². The molecule has 2 unspecified atom stereocenters. The van der Waals surface area contributed by atoms with Gasteiger partial charge in [-0.25, -0.2) is 4.79 Å². The molecule has 0 amide bonds. The Kier molecular flexibility index (Phi) is 4.45. The molecule has 0 aromatic carbocycles. The van der Waals surface area contributed by atoms with Gasteiger partial charge in [0.05, 0.1) is 6.61 Å². The number of ether oxygens (including phenoxy) is 1. The molecule has 1 aliphatic carbocycles. The van der Waals surface area contributed by atoms with Crippen LogP contribution in [0, 0.1) is 5.92 Å². The van der Waals surface area contributed by atoms with Crippen molar-refractivity contribution in [1.29, 1.82) is 0 Å². The lowest BCUT2D eigenvalue weighted by molar-refractivity contribution is -0.151. The van der Waals surface area contributed by atoms with Crippen molar-refractivity contribution < 1.29 is 14.6 Å². The molecule has 2 atom stereocenters. The number of aliphatic hydroxyl groups excluding tert-OH is 1. The number of halogens is 1. The van der Waals surface area contributed by atoms with Crippen molar-refractivity contribution in [3.8, 4) is 0 Å². The summed E-state index contributed by atoms with van der Waals surface area (Å²) in [4.78, 5) is 13.7. The molecular weight excluding hydrogens is 298 g/mol. The summed E-state index contributed by atoms with van der Waals surface area (Å²) in [5.74, 6) is 0.342. The zero-order valence-corrected chi connectivity index (χ0v) is 12.0. The first-order chi connectivity index (χ1) is 8.61. The molecule has 0 spiro atoms. The van der Waals surface area contributed by atoms with E-state index in [1.807, 2.05) is 6.08 Å². The summed E-state index contributed by atoms with van der Waals surface area (Å²) >= 11 is 3.31. The lowest BCUT2D eigenvalue weighted by Gasteiger charge is -2.33. The Labute approximate surface area is 115 Å². The second-order valence-corrected chi connectivity index (χ2v) is 5.59. The van der Waals surface area contributed by atoms with E-state index >= 15 is 0 Å². The van der Waals surface area contributed by atoms with Gasteiger partial charge in [-0.05, 0) is 31.4 Å². The van der Waals surface area contributed by atoms with Crippen molar-refractivity contribution >= 4 is 21.9 Å². The molecule has 4 nitrogen and oxygen atoms in total. The summed E-state index contributed by atoms with van der Waals surface area (Å²) in [6, 6.07) is -0.388. The third-order valence-electron chi connectivity index (χ3n) is 3.19. The molecule has 0 aromatic heterocycles. The molecule has 1 heterocycles. The zero-order valence-electron chi connectivity index (χ0n) is 10.4. The van der Waals surface area contributed by atoms with Gasteiger partial charge in [-0.1, -0.05) is 28.8 Å². The van der Waals surface area contributed by atoms with E-state index in [4.69, 9.17) is 4.74 Å². The van der Waals surface area contributed by atoms with Crippen molar-refractivity contribution in [1.82, 2.24) is 4.90 Å². The second kappa shape index (κ2) is 5.89. The van der Waals surface area contributed by atoms with Gasteiger partial charge in [0, 0.05) is 10.7 Å². The van der Waals surface area contributed by atoms with Gasteiger partial charge in [0.25, 0.3) is 0 Å². The van der Waals surface area contributed by atoms with Crippen molar-refractivity contribution in [3.63, 3.8) is 0 Å². The van der Waals surface area contributed by atoms with Gasteiger partial charge >= 0.3 is 5.97 Å². The van der Waals surface area contributed by atoms with Gasteiger partial charge in [-0.2, -0.15) is 0 Å². The summed E-state index contributed by atoms with van der Waals surface area (Å²) < 4.78 is 5.92. The molecule has 1 saturated carbocycles. The van der Waals surface area contributed by atoms with Crippen molar-refractivity contribution in [2.75, 3.05) is 6.61 Å². The van der Waals surface area contributed by atoms with Gasteiger partial charge in [0.2, 0.25) is 0 Å². The quantitative estimate of drug-likeness (QED) is 0.790. The van der Waals surface area contributed by atoms with Crippen LogP contribution in [0.2, 0.25) is 0 Å². The Morgan fingerprint density at radius 1 is 1.67 bits per heavy atom. The fraction of sp³-hybridized carbons (Fsp3) is 0.615. The molecule has 2 aliphatic rings. The van der Waals surface area contributed by atoms with Crippen LogP contribution in [0.4, 0.5) is 0 Å². The molecular formula is C13H18BrNO3. The van der Waals surface area contributed by atoms with Crippen LogP contribution in [0.5, 0.6) is 0 Å². The van der Waals surface area contributed by atoms with E-state index in [0.29, 0.717) is 12.5 Å². The van der Waals surface area contributed by atoms with E-state index < -0.39 is 6.23 Å². The van der Waals surface area contributed by atoms with E-state index in [1.165, 1.54) is 12.8 Å². The highest BCUT2D eigenvalue weighted by molar-refractivity contribution is 9.11. The SMILES string of the molecule is CCOC(=O)C(CC1CC1)N1C=CC(Br)=CC1O. The van der Waals surface area contributed by atoms with E-state index in [1.54, 1.807) is 24.1 Å². The lowest BCUT2D eigenvalue weighted by Crippen LogP contribution is -2.45. The first-order valence-electron chi connectivity index (χ1n) is 6.29. The fourth-order valence-electron chi connectivity index (χ4n) is 2.07. The smallest absolute Gasteiger partial charge is 0.328 e. The number of allylic oxidation sites excluding steroid dienone is 2. The molecule has 1 fully saturated rings. The first-order valence-corrected chi connectivity index (χ1v) is 7.08. The topological polar surface area (TPSA) is 49.8 Å². The summed E-state index contributed by atoms with van der Waals surface area (Å²) in [5.41, 5.74) is 0. The van der Waals surface area contributed by atoms with Gasteiger partial charge in [-0.3, -0.25) is 0 Å². The van der Waals surface area contributed by atoms with Crippen LogP contribution in [-0.2, 0) is 9.53 Å². The maximum atomic E-state index is 12.0. The molecule has 1 N–H and O–H groups in total. The van der Waals surface area contributed by atoms with Crippen LogP contribution in [0.15, 0.2) is 22.8 Å². The Bertz CT molecular complexity index is 376. The Morgan fingerprint density at radius 3 is 2.94 bits per heavy atom. The molecule has 2 rings (SSSR count). The number of nitrogens with zero attached hydrogens (tertiary/aromatic N) is 1. The minimum absolute atomic E-state index is 0.250. The number of hydrogen-bond acceptors (Lipinski definition) is 4. The van der Waals surface area contributed by atoms with Crippen LogP contribution in [-0.4, -0.2) is 34.9 Å². The van der Waals surface area contributed by atoms with Crippen LogP contribution < -0.4 is 0 Å². The molecule has 18 heavy (non-hydrogen) atoms. The van der Waals surface area contributed by atoms with E-state index in [2.05, 4.69) is 15.9 Å². The highest BCUT2D eigenvalue weighted by atomic mass is 79.9. The maximum absolute atomic E-state index is 12.0. The highest BCUT2D eigenvalue weighted by Crippen LogP contribution is 2.36. The highest BCUT2D eigenvalue weighted by Gasteiger charge is 2.35. The number of carbonyl (C=O) groups is 1. The Morgan fingerprint density at radius 2 is 2.39 bits per heavy atom. The largest absolute Gasteiger partial charge is 0.464 e. The number of rotatable bonds is 5. The van der Waals surface area contributed by atoms with Crippen LogP contribution >= 0.6 is 15.9 Å². The van der Waals surface area contributed by atoms with Crippen molar-refractivity contribution in [2.45, 2.75) is 38.5 Å². The minimum atomic E-state index is -0.780. The standard InChI is InChI=1S/C13H18BrNO3/c1-2-18-13(17)11(7-9-3-4-9)15-6-5-10(14)8-12(15)16/h5-6,8-9,11-12,16H,2-4,7H2,1H3. The molecule has 0 radical (unpaired) electrons. The number of carbonyl (C=O) groups excluding carboxylic acids is 1. The van der Waals surface area contributed by atoms with E-state index in [9.17, 15) is 9.90 Å². The molecule has 0 bridgehead atoms. The van der Waals surface area contributed by atoms with Gasteiger partial charge < -0.3 is 14.7 Å².